The maximum atomic E-state index is 12.2. The summed E-state index contributed by atoms with van der Waals surface area (Å²) in [6, 6.07) is 24.8. The Morgan fingerprint density at radius 1 is 0.773 bits per heavy atom. The van der Waals surface area contributed by atoms with E-state index in [0.29, 0.717) is 11.3 Å². The van der Waals surface area contributed by atoms with Gasteiger partial charge in [0.1, 0.15) is 5.75 Å². The first kappa shape index (κ1) is 14.1. The van der Waals surface area contributed by atoms with Gasteiger partial charge in [-0.1, -0.05) is 60.7 Å². The zero-order valence-electron chi connectivity index (χ0n) is 12.3. The zero-order chi connectivity index (χ0) is 15.4. The molecule has 22 heavy (non-hydrogen) atoms. The number of carbonyl (C=O) groups is 1. The van der Waals surface area contributed by atoms with Gasteiger partial charge in [-0.3, -0.25) is 0 Å². The Labute approximate surface area is 130 Å². The number of ether oxygens (including phenoxy) is 1. The summed E-state index contributed by atoms with van der Waals surface area (Å²) in [7, 11) is 0. The summed E-state index contributed by atoms with van der Waals surface area (Å²) in [4.78, 5) is 12.2. The van der Waals surface area contributed by atoms with Gasteiger partial charge in [0.15, 0.2) is 0 Å². The fourth-order valence-electron chi connectivity index (χ4n) is 2.39. The Kier molecular flexibility index (Phi) is 4.01. The van der Waals surface area contributed by atoms with Crippen LogP contribution in [-0.2, 0) is 0 Å². The highest BCUT2D eigenvalue weighted by atomic mass is 16.5. The Bertz CT molecular complexity index is 777. The zero-order valence-corrected chi connectivity index (χ0v) is 12.3. The Balaban J connectivity index is 1.91. The van der Waals surface area contributed by atoms with E-state index in [-0.39, 0.29) is 5.97 Å². The maximum absolute atomic E-state index is 12.2. The molecule has 2 heteroatoms. The molecule has 0 heterocycles. The van der Waals surface area contributed by atoms with Crippen LogP contribution < -0.4 is 4.74 Å². The molecule has 0 aromatic heterocycles. The molecular weight excluding hydrogens is 272 g/mol. The van der Waals surface area contributed by atoms with E-state index in [1.165, 1.54) is 0 Å². The minimum absolute atomic E-state index is 0.339. The molecule has 0 unspecified atom stereocenters. The molecule has 3 rings (SSSR count). The number of carbonyl (C=O) groups excluding carboxylic acids is 1. The van der Waals surface area contributed by atoms with E-state index in [1.54, 1.807) is 12.1 Å². The number of esters is 1. The van der Waals surface area contributed by atoms with Crippen molar-refractivity contribution in [1.29, 1.82) is 0 Å². The average Bonchev–Trinajstić information content (AvgIpc) is 2.58. The van der Waals surface area contributed by atoms with Gasteiger partial charge in [0, 0.05) is 0 Å². The number of rotatable bonds is 3. The number of hydrogen-bond acceptors (Lipinski definition) is 2. The summed E-state index contributed by atoms with van der Waals surface area (Å²) in [5.41, 5.74) is 3.68. The number of benzene rings is 3. The van der Waals surface area contributed by atoms with Crippen LogP contribution in [0, 0.1) is 6.92 Å². The molecule has 0 aliphatic rings. The van der Waals surface area contributed by atoms with Crippen LogP contribution >= 0.6 is 0 Å². The lowest BCUT2D eigenvalue weighted by Crippen LogP contribution is -2.09. The van der Waals surface area contributed by atoms with E-state index in [2.05, 4.69) is 0 Å². The fraction of sp³-hybridized carbons (Fsp3) is 0.0500. The van der Waals surface area contributed by atoms with Crippen molar-refractivity contribution in [3.05, 3.63) is 90.0 Å². The molecular formula is C20H16O2. The molecule has 3 aromatic carbocycles. The van der Waals surface area contributed by atoms with Crippen molar-refractivity contribution in [1.82, 2.24) is 0 Å². The molecule has 0 bridgehead atoms. The summed E-state index contributed by atoms with van der Waals surface area (Å²) >= 11 is 0. The van der Waals surface area contributed by atoms with Gasteiger partial charge in [-0.25, -0.2) is 4.79 Å². The SMILES string of the molecule is Cc1c(OC(=O)c2ccccc2)cccc1-c1ccccc1. The van der Waals surface area contributed by atoms with Crippen LogP contribution in [0.3, 0.4) is 0 Å². The van der Waals surface area contributed by atoms with E-state index in [1.807, 2.05) is 73.7 Å². The summed E-state index contributed by atoms with van der Waals surface area (Å²) in [6.07, 6.45) is 0. The molecule has 0 saturated heterocycles. The third-order valence-corrected chi connectivity index (χ3v) is 3.58. The van der Waals surface area contributed by atoms with E-state index in [9.17, 15) is 4.79 Å². The minimum Gasteiger partial charge on any atom is -0.423 e. The second-order valence-electron chi connectivity index (χ2n) is 5.05. The van der Waals surface area contributed by atoms with Crippen LogP contribution in [0.5, 0.6) is 5.75 Å². The summed E-state index contributed by atoms with van der Waals surface area (Å²) in [5.74, 6) is 0.254. The molecule has 2 nitrogen and oxygen atoms in total. The Hall–Kier alpha value is -2.87. The second kappa shape index (κ2) is 6.27. The largest absolute Gasteiger partial charge is 0.423 e. The van der Waals surface area contributed by atoms with Crippen molar-refractivity contribution in [2.24, 2.45) is 0 Å². The molecule has 3 aromatic rings. The first-order valence-corrected chi connectivity index (χ1v) is 7.18. The van der Waals surface area contributed by atoms with Crippen molar-refractivity contribution in [3.63, 3.8) is 0 Å². The minimum atomic E-state index is -0.339. The van der Waals surface area contributed by atoms with Crippen LogP contribution in [0.25, 0.3) is 11.1 Å². The van der Waals surface area contributed by atoms with Crippen molar-refractivity contribution < 1.29 is 9.53 Å². The maximum Gasteiger partial charge on any atom is 0.343 e. The molecule has 108 valence electrons. The van der Waals surface area contributed by atoms with Crippen LogP contribution in [0.1, 0.15) is 15.9 Å². The van der Waals surface area contributed by atoms with Gasteiger partial charge in [-0.2, -0.15) is 0 Å². The normalized spacial score (nSPS) is 10.2. The Morgan fingerprint density at radius 3 is 2.09 bits per heavy atom. The molecule has 0 aliphatic carbocycles. The molecule has 0 saturated carbocycles. The summed E-state index contributed by atoms with van der Waals surface area (Å²) in [6.45, 7) is 1.97. The third kappa shape index (κ3) is 2.91. The number of hydrogen-bond donors (Lipinski definition) is 0. The predicted octanol–water partition coefficient (Wildman–Crippen LogP) is 4.88. The van der Waals surface area contributed by atoms with E-state index in [4.69, 9.17) is 4.74 Å². The first-order chi connectivity index (χ1) is 10.8. The first-order valence-electron chi connectivity index (χ1n) is 7.18. The smallest absolute Gasteiger partial charge is 0.343 e. The van der Waals surface area contributed by atoms with Gasteiger partial charge in [0.05, 0.1) is 5.56 Å². The highest BCUT2D eigenvalue weighted by Gasteiger charge is 2.12. The van der Waals surface area contributed by atoms with Crippen LogP contribution in [-0.4, -0.2) is 5.97 Å². The predicted molar refractivity (Wildman–Crippen MR) is 88.0 cm³/mol. The average molecular weight is 288 g/mol. The monoisotopic (exact) mass is 288 g/mol. The lowest BCUT2D eigenvalue weighted by molar-refractivity contribution is 0.0733. The summed E-state index contributed by atoms with van der Waals surface area (Å²) in [5, 5.41) is 0. The lowest BCUT2D eigenvalue weighted by atomic mass is 10.00. The van der Waals surface area contributed by atoms with Crippen molar-refractivity contribution in [3.8, 4) is 16.9 Å². The van der Waals surface area contributed by atoms with Crippen LogP contribution in [0.2, 0.25) is 0 Å². The van der Waals surface area contributed by atoms with Gasteiger partial charge >= 0.3 is 5.97 Å². The molecule has 0 aliphatic heterocycles. The molecule has 0 amide bonds. The third-order valence-electron chi connectivity index (χ3n) is 3.58. The molecule has 0 atom stereocenters. The lowest BCUT2D eigenvalue weighted by Gasteiger charge is -2.12. The Morgan fingerprint density at radius 2 is 1.41 bits per heavy atom. The van der Waals surface area contributed by atoms with Gasteiger partial charge in [-0.05, 0) is 41.8 Å². The quantitative estimate of drug-likeness (QED) is 0.507. The topological polar surface area (TPSA) is 26.3 Å². The van der Waals surface area contributed by atoms with Crippen LogP contribution in [0.15, 0.2) is 78.9 Å². The van der Waals surface area contributed by atoms with E-state index < -0.39 is 0 Å². The van der Waals surface area contributed by atoms with Gasteiger partial charge in [0.25, 0.3) is 0 Å². The second-order valence-corrected chi connectivity index (χ2v) is 5.05. The fourth-order valence-corrected chi connectivity index (χ4v) is 2.39. The van der Waals surface area contributed by atoms with Crippen molar-refractivity contribution in [2.45, 2.75) is 6.92 Å². The molecule has 0 spiro atoms. The van der Waals surface area contributed by atoms with Gasteiger partial charge < -0.3 is 4.74 Å². The van der Waals surface area contributed by atoms with Gasteiger partial charge in [0.2, 0.25) is 0 Å². The van der Waals surface area contributed by atoms with Gasteiger partial charge in [-0.15, -0.1) is 0 Å². The molecule has 0 radical (unpaired) electrons. The van der Waals surface area contributed by atoms with E-state index >= 15 is 0 Å². The molecule has 0 fully saturated rings. The van der Waals surface area contributed by atoms with Crippen molar-refractivity contribution >= 4 is 5.97 Å². The van der Waals surface area contributed by atoms with E-state index in [0.717, 1.165) is 16.7 Å². The molecule has 0 N–H and O–H groups in total. The summed E-state index contributed by atoms with van der Waals surface area (Å²) < 4.78 is 5.55. The highest BCUT2D eigenvalue weighted by molar-refractivity contribution is 5.91. The van der Waals surface area contributed by atoms with Crippen LogP contribution in [0.4, 0.5) is 0 Å². The van der Waals surface area contributed by atoms with Crippen molar-refractivity contribution in [2.75, 3.05) is 0 Å². The highest BCUT2D eigenvalue weighted by Crippen LogP contribution is 2.30. The standard InChI is InChI=1S/C20H16O2/c1-15-18(16-9-4-2-5-10-16)13-8-14-19(15)22-20(21)17-11-6-3-7-12-17/h2-14H,1H3.